The predicted octanol–water partition coefficient (Wildman–Crippen LogP) is 7.06. The van der Waals surface area contributed by atoms with Crippen LogP contribution in [0.25, 0.3) is 27.6 Å². The van der Waals surface area contributed by atoms with E-state index in [4.69, 9.17) is 4.74 Å². The minimum absolute atomic E-state index is 0.235. The second-order valence-corrected chi connectivity index (χ2v) is 9.64. The fourth-order valence-electron chi connectivity index (χ4n) is 5.10. The second kappa shape index (κ2) is 9.47. The van der Waals surface area contributed by atoms with E-state index in [0.29, 0.717) is 39.9 Å². The topological polar surface area (TPSA) is 99.0 Å². The monoisotopic (exact) mass is 543 g/mol. The van der Waals surface area contributed by atoms with Crippen LogP contribution in [0.15, 0.2) is 91.1 Å². The van der Waals surface area contributed by atoms with Crippen LogP contribution >= 0.6 is 0 Å². The Labute approximate surface area is 231 Å². The molecule has 0 aliphatic rings. The van der Waals surface area contributed by atoms with Gasteiger partial charge in [0.05, 0.1) is 33.9 Å². The van der Waals surface area contributed by atoms with E-state index < -0.39 is 11.6 Å². The van der Waals surface area contributed by atoms with Crippen LogP contribution in [0.5, 0.6) is 11.5 Å². The number of H-pyrrole nitrogens is 2. The van der Waals surface area contributed by atoms with Crippen molar-refractivity contribution >= 4 is 33.4 Å². The van der Waals surface area contributed by atoms with Gasteiger partial charge in [0.15, 0.2) is 17.2 Å². The van der Waals surface area contributed by atoms with E-state index in [1.165, 1.54) is 12.1 Å². The average molecular weight is 544 g/mol. The van der Waals surface area contributed by atoms with E-state index in [9.17, 15) is 18.8 Å². The molecule has 0 aliphatic carbocycles. The van der Waals surface area contributed by atoms with E-state index >= 15 is 0 Å². The number of carbonyl (C=O) groups is 1. The summed E-state index contributed by atoms with van der Waals surface area (Å²) in [4.78, 5) is 21.5. The molecular formula is C32H19F2N5O2. The quantitative estimate of drug-likeness (QED) is 0.219. The highest BCUT2D eigenvalue weighted by Crippen LogP contribution is 2.30. The maximum absolute atomic E-state index is 14.1. The van der Waals surface area contributed by atoms with E-state index in [1.807, 2.05) is 42.5 Å². The van der Waals surface area contributed by atoms with Crippen LogP contribution in [0.1, 0.15) is 32.7 Å². The lowest BCUT2D eigenvalue weighted by molar-refractivity contribution is 0.103. The van der Waals surface area contributed by atoms with Gasteiger partial charge in [0.2, 0.25) is 11.6 Å². The van der Waals surface area contributed by atoms with Crippen molar-refractivity contribution in [3.63, 3.8) is 0 Å². The van der Waals surface area contributed by atoms with Gasteiger partial charge < -0.3 is 9.72 Å². The molecule has 0 amide bonds. The number of aromatic nitrogens is 4. The molecular weight excluding hydrogens is 524 g/mol. The molecule has 3 aromatic heterocycles. The smallest absolute Gasteiger partial charge is 0.214 e. The number of halogens is 2. The van der Waals surface area contributed by atoms with Crippen molar-refractivity contribution in [3.05, 3.63) is 131 Å². The number of benzene rings is 4. The number of hydrogen-bond donors (Lipinski definition) is 2. The first-order chi connectivity index (χ1) is 20.0. The molecule has 0 radical (unpaired) electrons. The van der Waals surface area contributed by atoms with Gasteiger partial charge in [-0.2, -0.15) is 9.65 Å². The SMILES string of the molecule is N#Cc1cccc(Cc2cccc3[nH]c(C(=O)c4c[nH]n5c4nc4cc(Oc6cccc(F)c6F)ccc45)cc23)c1. The van der Waals surface area contributed by atoms with Crippen molar-refractivity contribution in [2.24, 2.45) is 0 Å². The van der Waals surface area contributed by atoms with Gasteiger partial charge in [-0.15, -0.1) is 0 Å². The Hall–Kier alpha value is -5.75. The van der Waals surface area contributed by atoms with E-state index in [2.05, 4.69) is 21.1 Å². The zero-order chi connectivity index (χ0) is 28.1. The number of nitriles is 1. The lowest BCUT2D eigenvalue weighted by Crippen LogP contribution is -2.01. The molecule has 0 saturated heterocycles. The van der Waals surface area contributed by atoms with E-state index in [-0.39, 0.29) is 17.3 Å². The average Bonchev–Trinajstić information content (AvgIpc) is 3.69. The van der Waals surface area contributed by atoms with Gasteiger partial charge in [-0.25, -0.2) is 13.9 Å². The number of aromatic amines is 2. The molecule has 0 unspecified atom stereocenters. The van der Waals surface area contributed by atoms with Crippen LogP contribution < -0.4 is 4.74 Å². The Morgan fingerprint density at radius 2 is 1.85 bits per heavy atom. The first-order valence-corrected chi connectivity index (χ1v) is 12.7. The molecule has 7 rings (SSSR count). The van der Waals surface area contributed by atoms with E-state index in [1.54, 1.807) is 35.0 Å². The molecule has 0 atom stereocenters. The molecule has 0 saturated carbocycles. The Balaban J connectivity index is 1.22. The highest BCUT2D eigenvalue weighted by Gasteiger charge is 2.21. The number of nitrogens with one attached hydrogen (secondary N) is 2. The number of ether oxygens (including phenoxy) is 1. The molecule has 4 aromatic carbocycles. The number of hydrogen-bond acceptors (Lipinski definition) is 4. The summed E-state index contributed by atoms with van der Waals surface area (Å²) in [6.45, 7) is 0. The summed E-state index contributed by atoms with van der Waals surface area (Å²) in [5.41, 5.74) is 5.87. The largest absolute Gasteiger partial charge is 0.454 e. The maximum atomic E-state index is 14.1. The zero-order valence-electron chi connectivity index (χ0n) is 21.3. The standard InChI is InChI=1S/C32H19F2N5O2/c33-24-7-3-9-29(30(24)34)41-21-10-11-28-26(14-21)38-32-23(17-36-39(28)32)31(40)27-15-22-20(6-2-8-25(22)37-27)13-18-4-1-5-19(12-18)16-35/h1-12,14-15,17,36-37H,13H2. The Kier molecular flexibility index (Phi) is 5.61. The van der Waals surface area contributed by atoms with Gasteiger partial charge in [0.25, 0.3) is 0 Å². The summed E-state index contributed by atoms with van der Waals surface area (Å²) >= 11 is 0. The van der Waals surface area contributed by atoms with Crippen molar-refractivity contribution in [1.29, 1.82) is 5.26 Å². The first-order valence-electron chi connectivity index (χ1n) is 12.7. The molecule has 0 spiro atoms. The molecule has 7 nitrogen and oxygen atoms in total. The summed E-state index contributed by atoms with van der Waals surface area (Å²) in [7, 11) is 0. The summed E-state index contributed by atoms with van der Waals surface area (Å²) in [5, 5.41) is 13.2. The number of carbonyl (C=O) groups excluding carboxylic acids is 1. The van der Waals surface area contributed by atoms with Crippen LogP contribution in [0.4, 0.5) is 8.78 Å². The van der Waals surface area contributed by atoms with Crippen molar-refractivity contribution in [1.82, 2.24) is 19.6 Å². The second-order valence-electron chi connectivity index (χ2n) is 9.64. The van der Waals surface area contributed by atoms with Gasteiger partial charge in [0.1, 0.15) is 5.75 Å². The molecule has 0 fully saturated rings. The van der Waals surface area contributed by atoms with Crippen molar-refractivity contribution in [2.75, 3.05) is 0 Å². The molecule has 2 N–H and O–H groups in total. The Morgan fingerprint density at radius 3 is 2.73 bits per heavy atom. The number of ketones is 1. The van der Waals surface area contributed by atoms with Crippen LogP contribution in [0.2, 0.25) is 0 Å². The highest BCUT2D eigenvalue weighted by atomic mass is 19.2. The van der Waals surface area contributed by atoms with Crippen molar-refractivity contribution < 1.29 is 18.3 Å². The Morgan fingerprint density at radius 1 is 1.00 bits per heavy atom. The number of imidazole rings is 1. The third kappa shape index (κ3) is 4.19. The molecule has 0 bridgehead atoms. The molecule has 9 heteroatoms. The highest BCUT2D eigenvalue weighted by molar-refractivity contribution is 6.14. The number of rotatable bonds is 6. The first kappa shape index (κ1) is 24.3. The summed E-state index contributed by atoms with van der Waals surface area (Å²) in [5.74, 6) is -2.27. The lowest BCUT2D eigenvalue weighted by Gasteiger charge is -2.06. The molecule has 0 aliphatic heterocycles. The fraction of sp³-hybridized carbons (Fsp3) is 0.0312. The van der Waals surface area contributed by atoms with Crippen LogP contribution in [-0.2, 0) is 6.42 Å². The van der Waals surface area contributed by atoms with E-state index in [0.717, 1.165) is 28.1 Å². The van der Waals surface area contributed by atoms with Gasteiger partial charge in [0, 0.05) is 23.2 Å². The number of fused-ring (bicyclic) bond motifs is 4. The van der Waals surface area contributed by atoms with Gasteiger partial charge in [-0.1, -0.05) is 30.3 Å². The Bertz CT molecular complexity index is 2180. The lowest BCUT2D eigenvalue weighted by atomic mass is 10.00. The summed E-state index contributed by atoms with van der Waals surface area (Å²) in [6, 6.07) is 26.0. The summed E-state index contributed by atoms with van der Waals surface area (Å²) < 4.78 is 34.9. The summed E-state index contributed by atoms with van der Waals surface area (Å²) in [6.07, 6.45) is 2.22. The molecule has 198 valence electrons. The predicted molar refractivity (Wildman–Crippen MR) is 149 cm³/mol. The third-order valence-electron chi connectivity index (χ3n) is 7.04. The minimum Gasteiger partial charge on any atom is -0.454 e. The van der Waals surface area contributed by atoms with Crippen LogP contribution in [0, 0.1) is 23.0 Å². The third-order valence-corrected chi connectivity index (χ3v) is 7.04. The molecule has 7 aromatic rings. The van der Waals surface area contributed by atoms with Gasteiger partial charge >= 0.3 is 0 Å². The van der Waals surface area contributed by atoms with Crippen molar-refractivity contribution in [3.8, 4) is 17.6 Å². The minimum atomic E-state index is -1.07. The van der Waals surface area contributed by atoms with Gasteiger partial charge in [-0.3, -0.25) is 9.89 Å². The molecule has 41 heavy (non-hydrogen) atoms. The number of nitrogens with zero attached hydrogens (tertiary/aromatic N) is 3. The van der Waals surface area contributed by atoms with Crippen molar-refractivity contribution in [2.45, 2.75) is 6.42 Å². The zero-order valence-corrected chi connectivity index (χ0v) is 21.3. The maximum Gasteiger partial charge on any atom is 0.214 e. The normalized spacial score (nSPS) is 11.3. The van der Waals surface area contributed by atoms with Crippen LogP contribution in [-0.4, -0.2) is 25.4 Å². The van der Waals surface area contributed by atoms with Gasteiger partial charge in [-0.05, 0) is 66.1 Å². The fourth-order valence-corrected chi connectivity index (χ4v) is 5.10. The van der Waals surface area contributed by atoms with Crippen LogP contribution in [0.3, 0.4) is 0 Å². The molecule has 3 heterocycles.